The van der Waals surface area contributed by atoms with Crippen LogP contribution in [0.15, 0.2) is 18.2 Å². The molecule has 66 valence electrons. The fourth-order valence-corrected chi connectivity index (χ4v) is 0.777. The first-order valence-electron chi connectivity index (χ1n) is 3.56. The normalized spacial score (nSPS) is 9.75. The van der Waals surface area contributed by atoms with Gasteiger partial charge in [0.15, 0.2) is 0 Å². The van der Waals surface area contributed by atoms with Crippen molar-refractivity contribution in [3.8, 4) is 11.5 Å². The molecule has 0 aliphatic rings. The Morgan fingerprint density at radius 3 is 2.75 bits per heavy atom. The summed E-state index contributed by atoms with van der Waals surface area (Å²) in [6.07, 6.45) is 0. The molecule has 0 radical (unpaired) electrons. The maximum absolute atomic E-state index is 9.13. The molecule has 4 heteroatoms. The van der Waals surface area contributed by atoms with Crippen LogP contribution in [-0.2, 0) is 0 Å². The molecule has 0 saturated carbocycles. The molecule has 0 atom stereocenters. The van der Waals surface area contributed by atoms with Crippen LogP contribution in [0.1, 0.15) is 0 Å². The summed E-state index contributed by atoms with van der Waals surface area (Å²) in [6.45, 7) is 0.161. The Morgan fingerprint density at radius 2 is 2.17 bits per heavy atom. The van der Waals surface area contributed by atoms with E-state index in [1.54, 1.807) is 12.1 Å². The monoisotopic (exact) mass is 169 g/mol. The summed E-state index contributed by atoms with van der Waals surface area (Å²) in [6, 6.07) is 4.58. The van der Waals surface area contributed by atoms with Crippen molar-refractivity contribution in [2.75, 3.05) is 18.9 Å². The molecule has 1 rings (SSSR count). The van der Waals surface area contributed by atoms with Gasteiger partial charge in [0.2, 0.25) is 0 Å². The second-order valence-electron chi connectivity index (χ2n) is 2.29. The zero-order valence-corrected chi connectivity index (χ0v) is 6.53. The van der Waals surface area contributed by atoms with Gasteiger partial charge in [-0.1, -0.05) is 0 Å². The van der Waals surface area contributed by atoms with Gasteiger partial charge in [0, 0.05) is 6.07 Å². The van der Waals surface area contributed by atoms with E-state index in [4.69, 9.17) is 20.7 Å². The molecule has 4 nitrogen and oxygen atoms in total. The van der Waals surface area contributed by atoms with E-state index >= 15 is 0 Å². The molecule has 0 spiro atoms. The van der Waals surface area contributed by atoms with Gasteiger partial charge in [0.25, 0.3) is 0 Å². The molecule has 0 aliphatic heterocycles. The number of hydrogen-bond donors (Lipinski definition) is 3. The summed E-state index contributed by atoms with van der Waals surface area (Å²) >= 11 is 0. The number of aliphatic hydroxyl groups excluding tert-OH is 1. The number of ether oxygens (including phenoxy) is 1. The standard InChI is InChI=1S/C8H11NO3/c9-7-2-1-6(5-8(7)11)12-4-3-10/h1-2,5,10-11H,3-4,9H2. The highest BCUT2D eigenvalue weighted by Gasteiger charge is 1.98. The second kappa shape index (κ2) is 3.82. The molecule has 0 bridgehead atoms. The fraction of sp³-hybridized carbons (Fsp3) is 0.250. The van der Waals surface area contributed by atoms with E-state index < -0.39 is 0 Å². The minimum Gasteiger partial charge on any atom is -0.506 e. The maximum Gasteiger partial charge on any atom is 0.142 e. The minimum absolute atomic E-state index is 0.00885. The predicted molar refractivity (Wildman–Crippen MR) is 45.1 cm³/mol. The van der Waals surface area contributed by atoms with Gasteiger partial charge in [-0.3, -0.25) is 0 Å². The van der Waals surface area contributed by atoms with Gasteiger partial charge in [-0.25, -0.2) is 0 Å². The lowest BCUT2D eigenvalue weighted by molar-refractivity contribution is 0.201. The summed E-state index contributed by atoms with van der Waals surface area (Å²) in [7, 11) is 0. The van der Waals surface area contributed by atoms with Crippen LogP contribution >= 0.6 is 0 Å². The van der Waals surface area contributed by atoms with Crippen molar-refractivity contribution in [2.45, 2.75) is 0 Å². The average molecular weight is 169 g/mol. The topological polar surface area (TPSA) is 75.7 Å². The first-order chi connectivity index (χ1) is 5.74. The van der Waals surface area contributed by atoms with Crippen LogP contribution in [0, 0.1) is 0 Å². The number of anilines is 1. The Kier molecular flexibility index (Phi) is 2.76. The maximum atomic E-state index is 9.13. The third-order valence-electron chi connectivity index (χ3n) is 1.36. The molecule has 12 heavy (non-hydrogen) atoms. The van der Waals surface area contributed by atoms with E-state index in [0.29, 0.717) is 11.4 Å². The summed E-state index contributed by atoms with van der Waals surface area (Å²) in [5, 5.41) is 17.6. The van der Waals surface area contributed by atoms with E-state index in [0.717, 1.165) is 0 Å². The number of rotatable bonds is 3. The van der Waals surface area contributed by atoms with Crippen LogP contribution in [0.25, 0.3) is 0 Å². The quantitative estimate of drug-likeness (QED) is 0.450. The van der Waals surface area contributed by atoms with Crippen molar-refractivity contribution < 1.29 is 14.9 Å². The Hall–Kier alpha value is -1.42. The molecule has 4 N–H and O–H groups in total. The molecule has 0 amide bonds. The Labute approximate surface area is 70.2 Å². The summed E-state index contributed by atoms with van der Waals surface area (Å²) in [4.78, 5) is 0. The van der Waals surface area contributed by atoms with Gasteiger partial charge in [-0.2, -0.15) is 0 Å². The third-order valence-corrected chi connectivity index (χ3v) is 1.36. The number of hydrogen-bond acceptors (Lipinski definition) is 4. The molecular weight excluding hydrogens is 158 g/mol. The summed E-state index contributed by atoms with van der Waals surface area (Å²) in [5.41, 5.74) is 5.67. The summed E-state index contributed by atoms with van der Waals surface area (Å²) < 4.78 is 5.03. The van der Waals surface area contributed by atoms with Gasteiger partial charge in [-0.05, 0) is 12.1 Å². The summed E-state index contributed by atoms with van der Waals surface area (Å²) in [5.74, 6) is 0.487. The number of aliphatic hydroxyl groups is 1. The van der Waals surface area contributed by atoms with Crippen molar-refractivity contribution in [3.05, 3.63) is 18.2 Å². The van der Waals surface area contributed by atoms with Crippen LogP contribution in [0.2, 0.25) is 0 Å². The van der Waals surface area contributed by atoms with Gasteiger partial charge in [-0.15, -0.1) is 0 Å². The van der Waals surface area contributed by atoms with Crippen molar-refractivity contribution in [2.24, 2.45) is 0 Å². The number of nitrogen functional groups attached to an aromatic ring is 1. The number of phenolic OH excluding ortho intramolecular Hbond substituents is 1. The highest BCUT2D eigenvalue weighted by atomic mass is 16.5. The number of phenols is 1. The number of benzene rings is 1. The average Bonchev–Trinajstić information content (AvgIpc) is 2.07. The second-order valence-corrected chi connectivity index (χ2v) is 2.29. The Balaban J connectivity index is 2.69. The lowest BCUT2D eigenvalue weighted by atomic mass is 10.3. The van der Waals surface area contributed by atoms with Crippen molar-refractivity contribution in [3.63, 3.8) is 0 Å². The fourth-order valence-electron chi connectivity index (χ4n) is 0.777. The highest BCUT2D eigenvalue weighted by molar-refractivity contribution is 5.54. The van der Waals surface area contributed by atoms with Gasteiger partial charge < -0.3 is 20.7 Å². The van der Waals surface area contributed by atoms with Crippen LogP contribution in [-0.4, -0.2) is 23.4 Å². The van der Waals surface area contributed by atoms with E-state index in [1.807, 2.05) is 0 Å². The highest BCUT2D eigenvalue weighted by Crippen LogP contribution is 2.24. The molecule has 0 saturated heterocycles. The van der Waals surface area contributed by atoms with Gasteiger partial charge >= 0.3 is 0 Å². The molecule has 1 aromatic rings. The smallest absolute Gasteiger partial charge is 0.142 e. The largest absolute Gasteiger partial charge is 0.506 e. The van der Waals surface area contributed by atoms with E-state index in [2.05, 4.69) is 0 Å². The first-order valence-corrected chi connectivity index (χ1v) is 3.56. The van der Waals surface area contributed by atoms with Crippen LogP contribution in [0.3, 0.4) is 0 Å². The number of aromatic hydroxyl groups is 1. The molecule has 0 fully saturated rings. The molecule has 0 unspecified atom stereocenters. The van der Waals surface area contributed by atoms with Crippen molar-refractivity contribution in [1.29, 1.82) is 0 Å². The molecular formula is C8H11NO3. The van der Waals surface area contributed by atoms with E-state index in [9.17, 15) is 0 Å². The predicted octanol–water partition coefficient (Wildman–Crippen LogP) is 0.345. The van der Waals surface area contributed by atoms with Crippen molar-refractivity contribution >= 4 is 5.69 Å². The Morgan fingerprint density at radius 1 is 1.42 bits per heavy atom. The zero-order chi connectivity index (χ0) is 8.97. The zero-order valence-electron chi connectivity index (χ0n) is 6.53. The van der Waals surface area contributed by atoms with Crippen LogP contribution in [0.4, 0.5) is 5.69 Å². The lowest BCUT2D eigenvalue weighted by Gasteiger charge is -2.05. The van der Waals surface area contributed by atoms with E-state index in [1.165, 1.54) is 6.07 Å². The molecule has 0 heterocycles. The molecule has 0 aromatic heterocycles. The van der Waals surface area contributed by atoms with Gasteiger partial charge in [0.1, 0.15) is 18.1 Å². The SMILES string of the molecule is Nc1ccc(OCCO)cc1O. The lowest BCUT2D eigenvalue weighted by Crippen LogP contribution is -2.01. The third kappa shape index (κ3) is 2.03. The number of nitrogens with two attached hydrogens (primary N) is 1. The molecule has 0 aliphatic carbocycles. The Bertz CT molecular complexity index is 262. The van der Waals surface area contributed by atoms with E-state index in [-0.39, 0.29) is 19.0 Å². The van der Waals surface area contributed by atoms with Crippen LogP contribution in [0.5, 0.6) is 11.5 Å². The van der Waals surface area contributed by atoms with Gasteiger partial charge in [0.05, 0.1) is 12.3 Å². The van der Waals surface area contributed by atoms with Crippen molar-refractivity contribution in [1.82, 2.24) is 0 Å². The molecule has 1 aromatic carbocycles. The first kappa shape index (κ1) is 8.67. The minimum atomic E-state index is -0.0505. The van der Waals surface area contributed by atoms with Crippen LogP contribution < -0.4 is 10.5 Å².